The number of methoxy groups -OCH3 is 2. The Morgan fingerprint density at radius 2 is 1.79 bits per heavy atom. The molecule has 0 aliphatic rings. The first-order valence-corrected chi connectivity index (χ1v) is 10.7. The van der Waals surface area contributed by atoms with Crippen molar-refractivity contribution in [1.29, 1.82) is 0 Å². The van der Waals surface area contributed by atoms with Crippen LogP contribution in [0.25, 0.3) is 16.6 Å². The van der Waals surface area contributed by atoms with Crippen LogP contribution in [0.4, 0.5) is 0 Å². The molecule has 4 rings (SSSR count). The Labute approximate surface area is 192 Å². The molecule has 0 radical (unpaired) electrons. The van der Waals surface area contributed by atoms with E-state index in [1.54, 1.807) is 7.11 Å². The number of ether oxygens (including phenoxy) is 2. The number of aryl methyl sites for hydroxylation is 1. The number of carbonyl (C=O) groups excluding carboxylic acids is 2. The van der Waals surface area contributed by atoms with Gasteiger partial charge in [0.1, 0.15) is 11.8 Å². The Morgan fingerprint density at radius 1 is 1.06 bits per heavy atom. The van der Waals surface area contributed by atoms with Gasteiger partial charge in [-0.1, -0.05) is 18.2 Å². The Hall–Kier alpha value is -4.00. The van der Waals surface area contributed by atoms with E-state index < -0.39 is 12.0 Å². The zero-order chi connectivity index (χ0) is 23.5. The lowest BCUT2D eigenvalue weighted by atomic mass is 10.0. The van der Waals surface area contributed by atoms with Crippen molar-refractivity contribution in [1.82, 2.24) is 14.9 Å². The number of rotatable bonds is 7. The standard InChI is InChI=1S/C26H27N3O4/c1-16-13-22(17(2)29(16)19-9-11-20(32-3)12-10-19)25(30)28-24(26(31)33-4)14-18-15-27-23-8-6-5-7-21(18)23/h5-13,15,24,27H,14H2,1-4H3,(H,28,30). The van der Waals surface area contributed by atoms with Gasteiger partial charge in [0.05, 0.1) is 19.8 Å². The van der Waals surface area contributed by atoms with Gasteiger partial charge in [-0.25, -0.2) is 4.79 Å². The summed E-state index contributed by atoms with van der Waals surface area (Å²) < 4.78 is 12.2. The van der Waals surface area contributed by atoms with Crippen LogP contribution >= 0.6 is 0 Å². The predicted molar refractivity (Wildman–Crippen MR) is 127 cm³/mol. The monoisotopic (exact) mass is 445 g/mol. The van der Waals surface area contributed by atoms with Gasteiger partial charge >= 0.3 is 5.97 Å². The Bertz CT molecular complexity index is 1300. The second-order valence-electron chi connectivity index (χ2n) is 7.93. The summed E-state index contributed by atoms with van der Waals surface area (Å²) in [5.41, 5.74) is 5.04. The number of para-hydroxylation sites is 1. The molecule has 0 saturated carbocycles. The number of amides is 1. The maximum absolute atomic E-state index is 13.2. The van der Waals surface area contributed by atoms with Gasteiger partial charge in [-0.2, -0.15) is 0 Å². The molecular formula is C26H27N3O4. The van der Waals surface area contributed by atoms with E-state index in [0.29, 0.717) is 12.0 Å². The molecule has 0 spiro atoms. The van der Waals surface area contributed by atoms with E-state index in [-0.39, 0.29) is 5.91 Å². The van der Waals surface area contributed by atoms with Crippen molar-refractivity contribution in [3.05, 3.63) is 83.3 Å². The summed E-state index contributed by atoms with van der Waals surface area (Å²) in [6, 6.07) is 16.5. The van der Waals surface area contributed by atoms with Crippen LogP contribution in [-0.2, 0) is 16.0 Å². The van der Waals surface area contributed by atoms with E-state index in [4.69, 9.17) is 9.47 Å². The maximum Gasteiger partial charge on any atom is 0.328 e. The number of H-pyrrole nitrogens is 1. The lowest BCUT2D eigenvalue weighted by Crippen LogP contribution is -2.43. The minimum Gasteiger partial charge on any atom is -0.497 e. The number of carbonyl (C=O) groups is 2. The van der Waals surface area contributed by atoms with Gasteiger partial charge in [0.2, 0.25) is 0 Å². The lowest BCUT2D eigenvalue weighted by Gasteiger charge is -2.16. The Kier molecular flexibility index (Phi) is 6.22. The number of hydrogen-bond acceptors (Lipinski definition) is 4. The first kappa shape index (κ1) is 22.2. The van der Waals surface area contributed by atoms with Crippen LogP contribution in [0.2, 0.25) is 0 Å². The number of nitrogens with one attached hydrogen (secondary N) is 2. The number of benzene rings is 2. The van der Waals surface area contributed by atoms with Crippen LogP contribution in [0.5, 0.6) is 5.75 Å². The largest absolute Gasteiger partial charge is 0.497 e. The molecule has 0 fully saturated rings. The molecule has 2 aromatic carbocycles. The first-order chi connectivity index (χ1) is 15.9. The molecule has 1 atom stereocenters. The molecule has 0 saturated heterocycles. The third kappa shape index (κ3) is 4.35. The van der Waals surface area contributed by atoms with Crippen LogP contribution < -0.4 is 10.1 Å². The molecule has 2 aromatic heterocycles. The predicted octanol–water partition coefficient (Wildman–Crippen LogP) is 4.10. The highest BCUT2D eigenvalue weighted by Crippen LogP contribution is 2.24. The number of esters is 1. The number of hydrogen-bond donors (Lipinski definition) is 2. The van der Waals surface area contributed by atoms with Gasteiger partial charge in [-0.3, -0.25) is 4.79 Å². The third-order valence-corrected chi connectivity index (χ3v) is 5.90. The Balaban J connectivity index is 1.60. The SMILES string of the molecule is COC(=O)C(Cc1c[nH]c2ccccc12)NC(=O)c1cc(C)n(-c2ccc(OC)cc2)c1C. The number of aromatic nitrogens is 2. The molecule has 2 heterocycles. The topological polar surface area (TPSA) is 85.4 Å². The van der Waals surface area contributed by atoms with Crippen molar-refractivity contribution in [2.45, 2.75) is 26.3 Å². The van der Waals surface area contributed by atoms with E-state index in [1.807, 2.05) is 79.2 Å². The van der Waals surface area contributed by atoms with E-state index in [0.717, 1.165) is 39.3 Å². The highest BCUT2D eigenvalue weighted by Gasteiger charge is 2.26. The van der Waals surface area contributed by atoms with E-state index >= 15 is 0 Å². The van der Waals surface area contributed by atoms with Gasteiger partial charge in [-0.15, -0.1) is 0 Å². The summed E-state index contributed by atoms with van der Waals surface area (Å²) in [5, 5.41) is 3.89. The van der Waals surface area contributed by atoms with Crippen molar-refractivity contribution in [2.24, 2.45) is 0 Å². The van der Waals surface area contributed by atoms with Gasteiger partial charge in [0.25, 0.3) is 5.91 Å². The summed E-state index contributed by atoms with van der Waals surface area (Å²) in [5.74, 6) is -0.0481. The van der Waals surface area contributed by atoms with Crippen LogP contribution in [0.3, 0.4) is 0 Å². The highest BCUT2D eigenvalue weighted by molar-refractivity contribution is 5.98. The molecule has 170 valence electrons. The van der Waals surface area contributed by atoms with Gasteiger partial charge < -0.3 is 24.3 Å². The minimum absolute atomic E-state index is 0.319. The number of aromatic amines is 1. The fraction of sp³-hybridized carbons (Fsp3) is 0.231. The summed E-state index contributed by atoms with van der Waals surface area (Å²) in [6.07, 6.45) is 2.18. The lowest BCUT2D eigenvalue weighted by molar-refractivity contribution is -0.142. The summed E-state index contributed by atoms with van der Waals surface area (Å²) in [4.78, 5) is 28.9. The second kappa shape index (κ2) is 9.24. The fourth-order valence-electron chi connectivity index (χ4n) is 4.21. The number of fused-ring (bicyclic) bond motifs is 1. The van der Waals surface area contributed by atoms with Crippen molar-refractivity contribution < 1.29 is 19.1 Å². The molecular weight excluding hydrogens is 418 g/mol. The van der Waals surface area contributed by atoms with Gasteiger partial charge in [0.15, 0.2) is 0 Å². The summed E-state index contributed by atoms with van der Waals surface area (Å²) >= 11 is 0. The van der Waals surface area contributed by atoms with Crippen LogP contribution in [-0.4, -0.2) is 41.7 Å². The molecule has 0 bridgehead atoms. The molecule has 33 heavy (non-hydrogen) atoms. The van der Waals surface area contributed by atoms with Gasteiger partial charge in [-0.05, 0) is 55.8 Å². The minimum atomic E-state index is -0.814. The van der Waals surface area contributed by atoms with Crippen LogP contribution in [0, 0.1) is 13.8 Å². The Morgan fingerprint density at radius 3 is 2.48 bits per heavy atom. The van der Waals surface area contributed by atoms with Crippen molar-refractivity contribution in [3.63, 3.8) is 0 Å². The van der Waals surface area contributed by atoms with E-state index in [1.165, 1.54) is 7.11 Å². The average molecular weight is 446 g/mol. The zero-order valence-corrected chi connectivity index (χ0v) is 19.1. The van der Waals surface area contributed by atoms with Crippen molar-refractivity contribution in [3.8, 4) is 11.4 Å². The molecule has 2 N–H and O–H groups in total. The molecule has 7 heteroatoms. The summed E-state index contributed by atoms with van der Waals surface area (Å²) in [7, 11) is 2.95. The van der Waals surface area contributed by atoms with Crippen molar-refractivity contribution in [2.75, 3.05) is 14.2 Å². The highest BCUT2D eigenvalue weighted by atomic mass is 16.5. The number of nitrogens with zero attached hydrogens (tertiary/aromatic N) is 1. The maximum atomic E-state index is 13.2. The molecule has 0 aliphatic carbocycles. The third-order valence-electron chi connectivity index (χ3n) is 5.90. The second-order valence-corrected chi connectivity index (χ2v) is 7.93. The molecule has 1 amide bonds. The average Bonchev–Trinajstić information content (AvgIpc) is 3.38. The van der Waals surface area contributed by atoms with Crippen LogP contribution in [0.15, 0.2) is 60.8 Å². The molecule has 1 unspecified atom stereocenters. The van der Waals surface area contributed by atoms with E-state index in [9.17, 15) is 9.59 Å². The quantitative estimate of drug-likeness (QED) is 0.420. The van der Waals surface area contributed by atoms with E-state index in [2.05, 4.69) is 10.3 Å². The molecule has 7 nitrogen and oxygen atoms in total. The first-order valence-electron chi connectivity index (χ1n) is 10.7. The molecule has 4 aromatic rings. The summed E-state index contributed by atoms with van der Waals surface area (Å²) in [6.45, 7) is 3.83. The fourth-order valence-corrected chi connectivity index (χ4v) is 4.21. The zero-order valence-electron chi connectivity index (χ0n) is 19.1. The van der Waals surface area contributed by atoms with Crippen molar-refractivity contribution >= 4 is 22.8 Å². The normalized spacial score (nSPS) is 11.9. The van der Waals surface area contributed by atoms with Crippen LogP contribution in [0.1, 0.15) is 27.3 Å². The molecule has 0 aliphatic heterocycles. The smallest absolute Gasteiger partial charge is 0.328 e. The van der Waals surface area contributed by atoms with Gasteiger partial charge in [0, 0.05) is 40.6 Å².